The summed E-state index contributed by atoms with van der Waals surface area (Å²) >= 11 is 3.14. The Morgan fingerprint density at radius 1 is 1.04 bits per heavy atom. The number of para-hydroxylation sites is 1. The third kappa shape index (κ3) is 4.81. The van der Waals surface area contributed by atoms with Crippen molar-refractivity contribution in [2.45, 2.75) is 4.90 Å². The van der Waals surface area contributed by atoms with Crippen LogP contribution in [0.5, 0.6) is 0 Å². The summed E-state index contributed by atoms with van der Waals surface area (Å²) in [4.78, 5) is 22.5. The van der Waals surface area contributed by atoms with Gasteiger partial charge in [0.15, 0.2) is 5.13 Å². The van der Waals surface area contributed by atoms with Gasteiger partial charge in [0.2, 0.25) is 5.91 Å². The van der Waals surface area contributed by atoms with Crippen LogP contribution < -0.4 is 4.90 Å². The molecule has 0 aliphatic carbocycles. The lowest BCUT2D eigenvalue weighted by Crippen LogP contribution is -2.37. The van der Waals surface area contributed by atoms with Gasteiger partial charge < -0.3 is 4.90 Å². The Kier molecular flexibility index (Phi) is 6.07. The Morgan fingerprint density at radius 3 is 2.48 bits per heavy atom. The molecule has 3 aromatic rings. The molecule has 1 aromatic heterocycles. The molecule has 0 fully saturated rings. The molecular weight excluding hydrogens is 350 g/mol. The van der Waals surface area contributed by atoms with Gasteiger partial charge in [-0.2, -0.15) is 0 Å². The second-order valence-electron chi connectivity index (χ2n) is 5.91. The van der Waals surface area contributed by atoms with Crippen molar-refractivity contribution in [1.29, 1.82) is 0 Å². The first kappa shape index (κ1) is 17.9. The third-order valence-corrected chi connectivity index (χ3v) is 5.75. The number of nitrogens with zero attached hydrogens (tertiary/aromatic N) is 3. The van der Waals surface area contributed by atoms with Crippen LogP contribution in [-0.4, -0.2) is 48.7 Å². The van der Waals surface area contributed by atoms with Gasteiger partial charge in [0.1, 0.15) is 0 Å². The van der Waals surface area contributed by atoms with Gasteiger partial charge in [0.25, 0.3) is 0 Å². The Bertz CT molecular complexity index is 800. The predicted octanol–water partition coefficient (Wildman–Crippen LogP) is 3.98. The molecular formula is C19H21N3OS2. The Hall–Kier alpha value is -1.89. The molecule has 0 saturated carbocycles. The summed E-state index contributed by atoms with van der Waals surface area (Å²) in [6, 6.07) is 18.0. The van der Waals surface area contributed by atoms with Crippen molar-refractivity contribution in [3.05, 3.63) is 54.6 Å². The van der Waals surface area contributed by atoms with E-state index < -0.39 is 0 Å². The Labute approximate surface area is 156 Å². The number of rotatable bonds is 7. The largest absolute Gasteiger partial charge is 0.308 e. The summed E-state index contributed by atoms with van der Waals surface area (Å²) in [6.07, 6.45) is 0. The zero-order valence-corrected chi connectivity index (χ0v) is 16.0. The van der Waals surface area contributed by atoms with Crippen LogP contribution in [0.3, 0.4) is 0 Å². The number of thiazole rings is 1. The molecule has 6 heteroatoms. The maximum atomic E-state index is 12.9. The number of aromatic nitrogens is 1. The minimum Gasteiger partial charge on any atom is -0.308 e. The third-order valence-electron chi connectivity index (χ3n) is 3.69. The molecule has 3 rings (SSSR count). The maximum absolute atomic E-state index is 12.9. The highest BCUT2D eigenvalue weighted by Gasteiger charge is 2.20. The molecule has 0 unspecified atom stereocenters. The van der Waals surface area contributed by atoms with Crippen LogP contribution >= 0.6 is 23.1 Å². The smallest absolute Gasteiger partial charge is 0.239 e. The van der Waals surface area contributed by atoms with Crippen LogP contribution in [0.15, 0.2) is 59.5 Å². The van der Waals surface area contributed by atoms with E-state index in [0.717, 1.165) is 26.8 Å². The first-order valence-electron chi connectivity index (χ1n) is 8.12. The standard InChI is InChI=1S/C19H21N3OS2/c1-21(2)12-13-22(18(23)14-24-15-8-4-3-5-9-15)19-20-16-10-6-7-11-17(16)25-19/h3-11H,12-14H2,1-2H3. The van der Waals surface area contributed by atoms with E-state index in [0.29, 0.717) is 12.3 Å². The first-order chi connectivity index (χ1) is 12.1. The molecule has 0 aliphatic rings. The van der Waals surface area contributed by atoms with E-state index in [-0.39, 0.29) is 5.91 Å². The fourth-order valence-corrected chi connectivity index (χ4v) is 4.15. The molecule has 0 spiro atoms. The van der Waals surface area contributed by atoms with E-state index >= 15 is 0 Å². The molecule has 130 valence electrons. The van der Waals surface area contributed by atoms with Gasteiger partial charge in [-0.25, -0.2) is 4.98 Å². The highest BCUT2D eigenvalue weighted by molar-refractivity contribution is 8.00. The van der Waals surface area contributed by atoms with Crippen molar-refractivity contribution >= 4 is 44.4 Å². The van der Waals surface area contributed by atoms with E-state index in [4.69, 9.17) is 0 Å². The number of benzene rings is 2. The SMILES string of the molecule is CN(C)CCN(C(=O)CSc1ccccc1)c1nc2ccccc2s1. The van der Waals surface area contributed by atoms with Crippen LogP contribution in [0.1, 0.15) is 0 Å². The average molecular weight is 372 g/mol. The number of thioether (sulfide) groups is 1. The Balaban J connectivity index is 1.77. The number of hydrogen-bond acceptors (Lipinski definition) is 5. The van der Waals surface area contributed by atoms with Gasteiger partial charge in [-0.1, -0.05) is 41.7 Å². The molecule has 4 nitrogen and oxygen atoms in total. The molecule has 1 amide bonds. The van der Waals surface area contributed by atoms with E-state index in [1.807, 2.05) is 73.6 Å². The molecule has 1 heterocycles. The summed E-state index contributed by atoms with van der Waals surface area (Å²) in [5.41, 5.74) is 0.945. The average Bonchev–Trinajstić information content (AvgIpc) is 3.04. The van der Waals surface area contributed by atoms with Crippen LogP contribution in [0.4, 0.5) is 5.13 Å². The topological polar surface area (TPSA) is 36.4 Å². The van der Waals surface area contributed by atoms with E-state index in [9.17, 15) is 4.79 Å². The molecule has 0 saturated heterocycles. The number of anilines is 1. The van der Waals surface area contributed by atoms with E-state index in [2.05, 4.69) is 9.88 Å². The lowest BCUT2D eigenvalue weighted by molar-refractivity contribution is -0.116. The summed E-state index contributed by atoms with van der Waals surface area (Å²) in [6.45, 7) is 1.44. The molecule has 0 atom stereocenters. The fourth-order valence-electron chi connectivity index (χ4n) is 2.34. The minimum absolute atomic E-state index is 0.0924. The van der Waals surface area contributed by atoms with Crippen molar-refractivity contribution in [3.63, 3.8) is 0 Å². The van der Waals surface area contributed by atoms with Gasteiger partial charge in [-0.05, 0) is 38.4 Å². The second-order valence-corrected chi connectivity index (χ2v) is 7.97. The summed E-state index contributed by atoms with van der Waals surface area (Å²) < 4.78 is 1.11. The number of hydrogen-bond donors (Lipinski definition) is 0. The van der Waals surface area contributed by atoms with Gasteiger partial charge in [0, 0.05) is 18.0 Å². The van der Waals surface area contributed by atoms with Gasteiger partial charge in [0.05, 0.1) is 16.0 Å². The van der Waals surface area contributed by atoms with Crippen molar-refractivity contribution in [1.82, 2.24) is 9.88 Å². The number of fused-ring (bicyclic) bond motifs is 1. The van der Waals surface area contributed by atoms with Gasteiger partial charge in [-0.3, -0.25) is 9.69 Å². The first-order valence-corrected chi connectivity index (χ1v) is 9.92. The second kappa shape index (κ2) is 8.47. The molecule has 0 bridgehead atoms. The van der Waals surface area contributed by atoms with Crippen molar-refractivity contribution < 1.29 is 4.79 Å². The maximum Gasteiger partial charge on any atom is 0.239 e. The van der Waals surface area contributed by atoms with Crippen LogP contribution in [0.25, 0.3) is 10.2 Å². The molecule has 0 aliphatic heterocycles. The van der Waals surface area contributed by atoms with Crippen molar-refractivity contribution in [2.75, 3.05) is 37.8 Å². The zero-order chi connectivity index (χ0) is 17.6. The quantitative estimate of drug-likeness (QED) is 0.589. The fraction of sp³-hybridized carbons (Fsp3) is 0.263. The van der Waals surface area contributed by atoms with Crippen molar-refractivity contribution in [3.8, 4) is 0 Å². The lowest BCUT2D eigenvalue weighted by Gasteiger charge is -2.21. The molecule has 0 radical (unpaired) electrons. The van der Waals surface area contributed by atoms with E-state index in [1.165, 1.54) is 0 Å². The summed E-state index contributed by atoms with van der Waals surface area (Å²) in [7, 11) is 4.03. The Morgan fingerprint density at radius 2 is 1.76 bits per heavy atom. The summed E-state index contributed by atoms with van der Waals surface area (Å²) in [5.74, 6) is 0.502. The molecule has 2 aromatic carbocycles. The highest BCUT2D eigenvalue weighted by atomic mass is 32.2. The lowest BCUT2D eigenvalue weighted by atomic mass is 10.3. The number of carbonyl (C=O) groups is 1. The van der Waals surface area contributed by atoms with Crippen molar-refractivity contribution in [2.24, 2.45) is 0 Å². The number of amides is 1. The molecule has 0 N–H and O–H groups in total. The van der Waals surface area contributed by atoms with Gasteiger partial charge in [-0.15, -0.1) is 11.8 Å². The highest BCUT2D eigenvalue weighted by Crippen LogP contribution is 2.29. The number of likely N-dealkylation sites (N-methyl/N-ethyl adjacent to an activating group) is 1. The zero-order valence-electron chi connectivity index (χ0n) is 14.4. The summed E-state index contributed by atoms with van der Waals surface area (Å²) in [5, 5.41) is 0.779. The van der Waals surface area contributed by atoms with Crippen LogP contribution in [0.2, 0.25) is 0 Å². The predicted molar refractivity (Wildman–Crippen MR) is 108 cm³/mol. The molecule has 25 heavy (non-hydrogen) atoms. The van der Waals surface area contributed by atoms with Crippen LogP contribution in [0, 0.1) is 0 Å². The normalized spacial score (nSPS) is 11.2. The van der Waals surface area contributed by atoms with Gasteiger partial charge >= 0.3 is 0 Å². The number of carbonyl (C=O) groups excluding carboxylic acids is 1. The minimum atomic E-state index is 0.0924. The van der Waals surface area contributed by atoms with E-state index in [1.54, 1.807) is 23.1 Å². The monoisotopic (exact) mass is 371 g/mol. The van der Waals surface area contributed by atoms with Crippen LogP contribution in [-0.2, 0) is 4.79 Å².